The first-order valence-electron chi connectivity index (χ1n) is 9.70. The lowest BCUT2D eigenvalue weighted by Crippen LogP contribution is -2.39. The number of hydrogen-bond donors (Lipinski definition) is 1. The molecule has 1 aliphatic rings. The average molecular weight is 402 g/mol. The Morgan fingerprint density at radius 3 is 2.62 bits per heavy atom. The van der Waals surface area contributed by atoms with E-state index in [1.165, 1.54) is 0 Å². The van der Waals surface area contributed by atoms with E-state index in [0.29, 0.717) is 36.7 Å². The van der Waals surface area contributed by atoms with Crippen molar-refractivity contribution in [2.24, 2.45) is 0 Å². The van der Waals surface area contributed by atoms with Crippen molar-refractivity contribution in [3.05, 3.63) is 47.8 Å². The van der Waals surface area contributed by atoms with Crippen molar-refractivity contribution < 1.29 is 17.2 Å². The topological polar surface area (TPSA) is 102 Å². The van der Waals surface area contributed by atoms with Crippen LogP contribution in [0.3, 0.4) is 0 Å². The van der Waals surface area contributed by atoms with Gasteiger partial charge in [0.15, 0.2) is 0 Å². The van der Waals surface area contributed by atoms with Crippen LogP contribution in [-0.4, -0.2) is 58.5 Å². The lowest BCUT2D eigenvalue weighted by Gasteiger charge is -2.26. The fourth-order valence-electron chi connectivity index (χ4n) is 3.13. The zero-order chi connectivity index (χ0) is 21.0. The van der Waals surface area contributed by atoms with Gasteiger partial charge in [0, 0.05) is 35.2 Å². The van der Waals surface area contributed by atoms with Crippen LogP contribution in [0.4, 0.5) is 16.4 Å². The SMILES string of the molecule is CC(C)(C)OC(=O)N1CCCN(c2cccc(C(=O)c3cccnc3N)n2)CC1.[HH].[HH]. The van der Waals surface area contributed by atoms with E-state index in [1.807, 2.05) is 26.8 Å². The fourth-order valence-corrected chi connectivity index (χ4v) is 3.13. The van der Waals surface area contributed by atoms with E-state index in [-0.39, 0.29) is 20.5 Å². The first-order valence-corrected chi connectivity index (χ1v) is 9.70. The summed E-state index contributed by atoms with van der Waals surface area (Å²) in [5, 5.41) is 0. The number of ether oxygens (including phenoxy) is 1. The summed E-state index contributed by atoms with van der Waals surface area (Å²) in [7, 11) is 0. The molecule has 2 aromatic rings. The van der Waals surface area contributed by atoms with Crippen LogP contribution in [0.15, 0.2) is 36.5 Å². The highest BCUT2D eigenvalue weighted by Gasteiger charge is 2.25. The summed E-state index contributed by atoms with van der Waals surface area (Å²) in [4.78, 5) is 37.4. The monoisotopic (exact) mass is 401 g/mol. The molecule has 1 aliphatic heterocycles. The van der Waals surface area contributed by atoms with Gasteiger partial charge in [-0.25, -0.2) is 14.8 Å². The molecule has 1 fully saturated rings. The molecule has 8 heteroatoms. The first kappa shape index (κ1) is 20.6. The fraction of sp³-hybridized carbons (Fsp3) is 0.429. The molecule has 158 valence electrons. The number of ketones is 1. The van der Waals surface area contributed by atoms with Crippen molar-refractivity contribution in [2.75, 3.05) is 36.8 Å². The summed E-state index contributed by atoms with van der Waals surface area (Å²) in [5.41, 5.74) is 5.96. The molecule has 1 saturated heterocycles. The number of rotatable bonds is 3. The Morgan fingerprint density at radius 2 is 1.90 bits per heavy atom. The van der Waals surface area contributed by atoms with Crippen LogP contribution in [0.25, 0.3) is 0 Å². The number of nitrogen functional groups attached to an aromatic ring is 1. The molecule has 0 atom stereocenters. The number of aromatic nitrogens is 2. The molecule has 1 amide bonds. The Labute approximate surface area is 173 Å². The summed E-state index contributed by atoms with van der Waals surface area (Å²) in [6.45, 7) is 8.07. The Hall–Kier alpha value is -3.16. The summed E-state index contributed by atoms with van der Waals surface area (Å²) in [6.07, 6.45) is 2.03. The van der Waals surface area contributed by atoms with E-state index in [2.05, 4.69) is 14.9 Å². The number of pyridine rings is 2. The number of carbonyl (C=O) groups excluding carboxylic acids is 2. The number of nitrogens with two attached hydrogens (primary N) is 1. The zero-order valence-corrected chi connectivity index (χ0v) is 17.1. The Balaban J connectivity index is 0.00000240. The van der Waals surface area contributed by atoms with Crippen LogP contribution in [0.2, 0.25) is 0 Å². The van der Waals surface area contributed by atoms with Gasteiger partial charge in [-0.3, -0.25) is 4.79 Å². The van der Waals surface area contributed by atoms with Gasteiger partial charge >= 0.3 is 6.09 Å². The maximum absolute atomic E-state index is 12.8. The largest absolute Gasteiger partial charge is 0.444 e. The van der Waals surface area contributed by atoms with Gasteiger partial charge in [0.1, 0.15) is 22.9 Å². The second-order valence-electron chi connectivity index (χ2n) is 7.95. The van der Waals surface area contributed by atoms with Crippen LogP contribution in [0.5, 0.6) is 0 Å². The van der Waals surface area contributed by atoms with Gasteiger partial charge in [-0.05, 0) is 51.5 Å². The van der Waals surface area contributed by atoms with Crippen LogP contribution in [0, 0.1) is 0 Å². The number of hydrogen-bond acceptors (Lipinski definition) is 7. The van der Waals surface area contributed by atoms with E-state index in [0.717, 1.165) is 13.0 Å². The molecule has 0 aliphatic carbocycles. The molecule has 3 heterocycles. The molecule has 0 spiro atoms. The molecule has 2 N–H and O–H groups in total. The minimum Gasteiger partial charge on any atom is -0.444 e. The van der Waals surface area contributed by atoms with Crippen molar-refractivity contribution >= 4 is 23.5 Å². The Morgan fingerprint density at radius 1 is 1.10 bits per heavy atom. The third-order valence-corrected chi connectivity index (χ3v) is 4.52. The highest BCUT2D eigenvalue weighted by atomic mass is 16.6. The summed E-state index contributed by atoms with van der Waals surface area (Å²) < 4.78 is 5.47. The number of amides is 1. The molecule has 0 radical (unpaired) electrons. The third kappa shape index (κ3) is 5.22. The van der Waals surface area contributed by atoms with Gasteiger partial charge in [0.2, 0.25) is 5.78 Å². The van der Waals surface area contributed by atoms with E-state index >= 15 is 0 Å². The maximum atomic E-state index is 12.8. The zero-order valence-electron chi connectivity index (χ0n) is 17.1. The van der Waals surface area contributed by atoms with Gasteiger partial charge in [-0.15, -0.1) is 0 Å². The van der Waals surface area contributed by atoms with Gasteiger partial charge < -0.3 is 20.3 Å². The number of carbonyl (C=O) groups is 2. The molecule has 8 nitrogen and oxygen atoms in total. The quantitative estimate of drug-likeness (QED) is 0.788. The average Bonchev–Trinajstić information content (AvgIpc) is 2.93. The highest BCUT2D eigenvalue weighted by Crippen LogP contribution is 2.19. The molecular formula is C21H31N5O3. The molecule has 0 bridgehead atoms. The lowest BCUT2D eigenvalue weighted by atomic mass is 10.1. The normalized spacial score (nSPS) is 15.0. The molecule has 29 heavy (non-hydrogen) atoms. The van der Waals surface area contributed by atoms with Crippen LogP contribution in [-0.2, 0) is 4.74 Å². The van der Waals surface area contributed by atoms with Crippen LogP contribution >= 0.6 is 0 Å². The second kappa shape index (κ2) is 8.46. The van der Waals surface area contributed by atoms with Crippen molar-refractivity contribution in [1.82, 2.24) is 14.9 Å². The summed E-state index contributed by atoms with van der Waals surface area (Å²) in [5.74, 6) is 0.625. The molecule has 0 saturated carbocycles. The van der Waals surface area contributed by atoms with E-state index < -0.39 is 5.60 Å². The number of nitrogens with zero attached hydrogens (tertiary/aromatic N) is 4. The van der Waals surface area contributed by atoms with E-state index in [1.54, 1.807) is 35.4 Å². The first-order chi connectivity index (χ1) is 13.7. The second-order valence-corrected chi connectivity index (χ2v) is 7.95. The molecular weight excluding hydrogens is 370 g/mol. The standard InChI is InChI=1S/C21H27N5O3.2H2/c1-21(2,3)29-20(28)26-12-6-11-25(13-14-26)17-9-4-8-16(24-17)18(27)15-7-5-10-23-19(15)22;;/h4-5,7-10H,6,11-14H2,1-3H3,(H2,22,23);2*1H. The summed E-state index contributed by atoms with van der Waals surface area (Å²) in [6, 6.07) is 8.66. The Kier molecular flexibility index (Phi) is 6.00. The minimum absolute atomic E-state index is 0. The van der Waals surface area contributed by atoms with Crippen molar-refractivity contribution in [3.63, 3.8) is 0 Å². The predicted molar refractivity (Wildman–Crippen MR) is 115 cm³/mol. The molecule has 2 aromatic heterocycles. The maximum Gasteiger partial charge on any atom is 0.410 e. The smallest absolute Gasteiger partial charge is 0.410 e. The van der Waals surface area contributed by atoms with E-state index in [9.17, 15) is 9.59 Å². The Bertz CT molecular complexity index is 905. The van der Waals surface area contributed by atoms with Crippen LogP contribution < -0.4 is 10.6 Å². The molecule has 3 rings (SSSR count). The van der Waals surface area contributed by atoms with E-state index in [4.69, 9.17) is 10.5 Å². The van der Waals surface area contributed by atoms with Crippen molar-refractivity contribution in [2.45, 2.75) is 32.8 Å². The van der Waals surface area contributed by atoms with Gasteiger partial charge in [0.05, 0.1) is 5.56 Å². The molecule has 0 unspecified atom stereocenters. The van der Waals surface area contributed by atoms with Crippen molar-refractivity contribution in [3.8, 4) is 0 Å². The van der Waals surface area contributed by atoms with Gasteiger partial charge in [0.25, 0.3) is 0 Å². The molecule has 0 aromatic carbocycles. The minimum atomic E-state index is -0.520. The highest BCUT2D eigenvalue weighted by molar-refractivity contribution is 6.10. The van der Waals surface area contributed by atoms with Gasteiger partial charge in [-0.2, -0.15) is 0 Å². The van der Waals surface area contributed by atoms with Crippen molar-refractivity contribution in [1.29, 1.82) is 0 Å². The summed E-state index contributed by atoms with van der Waals surface area (Å²) >= 11 is 0. The predicted octanol–water partition coefficient (Wildman–Crippen LogP) is 3.23. The third-order valence-electron chi connectivity index (χ3n) is 4.52. The lowest BCUT2D eigenvalue weighted by molar-refractivity contribution is 0.0263. The number of anilines is 2. The van der Waals surface area contributed by atoms with Gasteiger partial charge in [-0.1, -0.05) is 6.07 Å². The van der Waals surface area contributed by atoms with Crippen LogP contribution in [0.1, 0.15) is 46.1 Å².